The summed E-state index contributed by atoms with van der Waals surface area (Å²) < 4.78 is 53.1. The zero-order valence-corrected chi connectivity index (χ0v) is 11.1. The van der Waals surface area contributed by atoms with Crippen LogP contribution in [0.3, 0.4) is 0 Å². The Bertz CT molecular complexity index is 514. The van der Waals surface area contributed by atoms with Crippen LogP contribution in [-0.4, -0.2) is 26.8 Å². The minimum Gasteiger partial charge on any atom is -0.493 e. The zero-order chi connectivity index (χ0) is 15.5. The number of benzene rings is 1. The van der Waals surface area contributed by atoms with Crippen molar-refractivity contribution >= 4 is 11.7 Å². The lowest BCUT2D eigenvalue weighted by Crippen LogP contribution is -2.16. The Morgan fingerprint density at radius 3 is 2.30 bits per heavy atom. The van der Waals surface area contributed by atoms with Crippen molar-refractivity contribution < 1.29 is 32.2 Å². The maximum absolute atomic E-state index is 12.9. The highest BCUT2D eigenvalue weighted by Crippen LogP contribution is 2.44. The summed E-state index contributed by atoms with van der Waals surface area (Å²) in [5, 5.41) is 0. The Morgan fingerprint density at radius 2 is 1.90 bits per heavy atom. The molecule has 0 atom stereocenters. The number of alkyl halides is 3. The minimum absolute atomic E-state index is 0.0139. The molecule has 1 rings (SSSR count). The van der Waals surface area contributed by atoms with Gasteiger partial charge in [0.2, 0.25) is 0 Å². The normalized spacial score (nSPS) is 11.1. The largest absolute Gasteiger partial charge is 0.493 e. The fraction of sp³-hybridized carbons (Fsp3) is 0.417. The SMILES string of the molecule is CCOC(=O)c1c(N)c(C(F)(F)F)cc(OC)c1OC. The molecule has 0 aliphatic heterocycles. The van der Waals surface area contributed by atoms with Crippen molar-refractivity contribution in [3.05, 3.63) is 17.2 Å². The first-order chi connectivity index (χ1) is 9.27. The molecule has 0 saturated carbocycles. The molecule has 0 amide bonds. The zero-order valence-electron chi connectivity index (χ0n) is 11.1. The van der Waals surface area contributed by atoms with E-state index in [9.17, 15) is 18.0 Å². The predicted molar refractivity (Wildman–Crippen MR) is 64.9 cm³/mol. The second-order valence-corrected chi connectivity index (χ2v) is 3.67. The van der Waals surface area contributed by atoms with Gasteiger partial charge in [-0.05, 0) is 13.0 Å². The van der Waals surface area contributed by atoms with Crippen LogP contribution in [0.1, 0.15) is 22.8 Å². The fourth-order valence-electron chi connectivity index (χ4n) is 1.65. The molecule has 0 aliphatic rings. The van der Waals surface area contributed by atoms with E-state index in [1.54, 1.807) is 0 Å². The summed E-state index contributed by atoms with van der Waals surface area (Å²) in [6, 6.07) is 0.677. The number of ether oxygens (including phenoxy) is 3. The second kappa shape index (κ2) is 5.89. The van der Waals surface area contributed by atoms with Gasteiger partial charge in [0, 0.05) is 0 Å². The maximum atomic E-state index is 12.9. The molecule has 0 aromatic heterocycles. The van der Waals surface area contributed by atoms with Gasteiger partial charge in [0.25, 0.3) is 0 Å². The van der Waals surface area contributed by atoms with Gasteiger partial charge in [-0.1, -0.05) is 0 Å². The minimum atomic E-state index is -4.73. The third-order valence-electron chi connectivity index (χ3n) is 2.49. The van der Waals surface area contributed by atoms with Crippen molar-refractivity contribution in [3.8, 4) is 11.5 Å². The molecule has 20 heavy (non-hydrogen) atoms. The molecule has 0 fully saturated rings. The summed E-state index contributed by atoms with van der Waals surface area (Å²) in [7, 11) is 2.34. The number of halogens is 3. The summed E-state index contributed by atoms with van der Waals surface area (Å²) in [5.41, 5.74) is 3.01. The van der Waals surface area contributed by atoms with Crippen LogP contribution in [0.2, 0.25) is 0 Å². The van der Waals surface area contributed by atoms with Gasteiger partial charge >= 0.3 is 12.1 Å². The standard InChI is InChI=1S/C12H14F3NO4/c1-4-20-11(17)8-9(16)6(12(13,14)15)5-7(18-2)10(8)19-3/h5H,4,16H2,1-3H3. The number of anilines is 1. The van der Waals surface area contributed by atoms with E-state index in [0.717, 1.165) is 7.11 Å². The van der Waals surface area contributed by atoms with E-state index in [1.165, 1.54) is 14.0 Å². The number of esters is 1. The van der Waals surface area contributed by atoms with E-state index in [0.29, 0.717) is 6.07 Å². The molecule has 1 aromatic rings. The molecule has 0 bridgehead atoms. The van der Waals surface area contributed by atoms with E-state index < -0.39 is 29.0 Å². The average Bonchev–Trinajstić information content (AvgIpc) is 2.36. The van der Waals surface area contributed by atoms with E-state index in [4.69, 9.17) is 19.9 Å². The van der Waals surface area contributed by atoms with E-state index >= 15 is 0 Å². The van der Waals surface area contributed by atoms with Gasteiger partial charge in [-0.2, -0.15) is 13.2 Å². The molecule has 0 unspecified atom stereocenters. The first-order valence-corrected chi connectivity index (χ1v) is 5.56. The van der Waals surface area contributed by atoms with Gasteiger partial charge in [0.15, 0.2) is 11.5 Å². The molecule has 112 valence electrons. The summed E-state index contributed by atoms with van der Waals surface area (Å²) in [6.45, 7) is 1.51. The molecule has 0 heterocycles. The second-order valence-electron chi connectivity index (χ2n) is 3.67. The number of methoxy groups -OCH3 is 2. The first-order valence-electron chi connectivity index (χ1n) is 5.56. The molecule has 0 aliphatic carbocycles. The van der Waals surface area contributed by atoms with Crippen LogP contribution in [-0.2, 0) is 10.9 Å². The molecule has 0 saturated heterocycles. The van der Waals surface area contributed by atoms with Gasteiger partial charge in [-0.15, -0.1) is 0 Å². The molecule has 5 nitrogen and oxygen atoms in total. The number of carbonyl (C=O) groups is 1. The highest BCUT2D eigenvalue weighted by atomic mass is 19.4. The highest BCUT2D eigenvalue weighted by molar-refractivity contribution is 6.00. The van der Waals surface area contributed by atoms with Crippen molar-refractivity contribution in [2.45, 2.75) is 13.1 Å². The molecular formula is C12H14F3NO4. The smallest absolute Gasteiger partial charge is 0.418 e. The third-order valence-corrected chi connectivity index (χ3v) is 2.49. The molecule has 2 N–H and O–H groups in total. The molecule has 0 spiro atoms. The molecule has 8 heteroatoms. The van der Waals surface area contributed by atoms with E-state index in [-0.39, 0.29) is 18.1 Å². The van der Waals surface area contributed by atoms with Gasteiger partial charge in [-0.3, -0.25) is 0 Å². The Hall–Kier alpha value is -2.12. The van der Waals surface area contributed by atoms with Crippen molar-refractivity contribution in [2.24, 2.45) is 0 Å². The van der Waals surface area contributed by atoms with Crippen molar-refractivity contribution in [2.75, 3.05) is 26.6 Å². The lowest BCUT2D eigenvalue weighted by atomic mass is 10.0. The van der Waals surface area contributed by atoms with Crippen LogP contribution in [0, 0.1) is 0 Å². The number of nitrogen functional groups attached to an aromatic ring is 1. The number of hydrogen-bond donors (Lipinski definition) is 1. The number of hydrogen-bond acceptors (Lipinski definition) is 5. The third kappa shape index (κ3) is 2.89. The quantitative estimate of drug-likeness (QED) is 0.682. The lowest BCUT2D eigenvalue weighted by Gasteiger charge is -2.18. The van der Waals surface area contributed by atoms with Crippen LogP contribution in [0.5, 0.6) is 11.5 Å². The van der Waals surface area contributed by atoms with Crippen LogP contribution >= 0.6 is 0 Å². The summed E-state index contributed by atoms with van der Waals surface area (Å²) in [4.78, 5) is 11.8. The maximum Gasteiger partial charge on any atom is 0.418 e. The Balaban J connectivity index is 3.64. The Morgan fingerprint density at radius 1 is 1.30 bits per heavy atom. The molecular weight excluding hydrogens is 279 g/mol. The Kier molecular flexibility index (Phi) is 4.69. The predicted octanol–water partition coefficient (Wildman–Crippen LogP) is 2.48. The van der Waals surface area contributed by atoms with Gasteiger partial charge in [0.1, 0.15) is 5.56 Å². The van der Waals surface area contributed by atoms with Crippen molar-refractivity contribution in [3.63, 3.8) is 0 Å². The van der Waals surface area contributed by atoms with Crippen LogP contribution in [0.4, 0.5) is 18.9 Å². The van der Waals surface area contributed by atoms with E-state index in [1.807, 2.05) is 0 Å². The monoisotopic (exact) mass is 293 g/mol. The number of carbonyl (C=O) groups excluding carboxylic acids is 1. The topological polar surface area (TPSA) is 70.8 Å². The highest BCUT2D eigenvalue weighted by Gasteiger charge is 2.38. The van der Waals surface area contributed by atoms with Crippen LogP contribution < -0.4 is 15.2 Å². The number of nitrogens with two attached hydrogens (primary N) is 1. The molecule has 1 aromatic carbocycles. The van der Waals surface area contributed by atoms with Gasteiger partial charge in [-0.25, -0.2) is 4.79 Å². The first kappa shape index (κ1) is 15.9. The van der Waals surface area contributed by atoms with Crippen LogP contribution in [0.15, 0.2) is 6.07 Å². The Labute approximate surface area is 113 Å². The van der Waals surface area contributed by atoms with Crippen molar-refractivity contribution in [1.82, 2.24) is 0 Å². The fourth-order valence-corrected chi connectivity index (χ4v) is 1.65. The summed E-state index contributed by atoms with van der Waals surface area (Å²) in [6.07, 6.45) is -4.73. The van der Waals surface area contributed by atoms with Crippen molar-refractivity contribution in [1.29, 1.82) is 0 Å². The molecule has 0 radical (unpaired) electrons. The summed E-state index contributed by atoms with van der Waals surface area (Å²) >= 11 is 0. The average molecular weight is 293 g/mol. The van der Waals surface area contributed by atoms with Crippen LogP contribution in [0.25, 0.3) is 0 Å². The van der Waals surface area contributed by atoms with E-state index in [2.05, 4.69) is 0 Å². The van der Waals surface area contributed by atoms with Gasteiger partial charge in [0.05, 0.1) is 32.1 Å². The van der Waals surface area contributed by atoms with Gasteiger partial charge < -0.3 is 19.9 Å². The lowest BCUT2D eigenvalue weighted by molar-refractivity contribution is -0.137. The summed E-state index contributed by atoms with van der Waals surface area (Å²) in [5.74, 6) is -1.46. The number of rotatable bonds is 4.